The fourth-order valence-corrected chi connectivity index (χ4v) is 2.19. The molecule has 0 bridgehead atoms. The van der Waals surface area contributed by atoms with Crippen LogP contribution in [0.3, 0.4) is 0 Å². The van der Waals surface area contributed by atoms with Crippen LogP contribution in [-0.4, -0.2) is 27.9 Å². The number of carbonyl (C=O) groups is 1. The number of carbonyl (C=O) groups excluding carboxylic acids is 1. The number of Topliss-reactive ketones (excluding diaryl/α,β-unsaturated/α-hetero) is 1. The molecule has 0 aliphatic heterocycles. The Balaban J connectivity index is 3.12. The minimum atomic E-state index is -5.70. The number of alkyl halides is 6. The molecule has 3 nitrogen and oxygen atoms in total. The highest BCUT2D eigenvalue weighted by Gasteiger charge is 2.60. The number of aromatic nitrogens is 2. The fourth-order valence-electron chi connectivity index (χ4n) is 1.83. The van der Waals surface area contributed by atoms with Crippen molar-refractivity contribution in [2.24, 2.45) is 13.0 Å². The molecule has 0 saturated heterocycles. The Morgan fingerprint density at radius 2 is 1.71 bits per heavy atom. The summed E-state index contributed by atoms with van der Waals surface area (Å²) >= 11 is 5.81. The van der Waals surface area contributed by atoms with E-state index in [-0.39, 0.29) is 10.7 Å². The van der Waals surface area contributed by atoms with Gasteiger partial charge in [0.25, 0.3) is 0 Å². The van der Waals surface area contributed by atoms with Crippen molar-refractivity contribution in [3.05, 3.63) is 16.4 Å². The van der Waals surface area contributed by atoms with Gasteiger partial charge in [-0.2, -0.15) is 31.4 Å². The highest BCUT2D eigenvalue weighted by Crippen LogP contribution is 2.40. The second-order valence-electron chi connectivity index (χ2n) is 4.34. The highest BCUT2D eigenvalue weighted by atomic mass is 35.5. The van der Waals surface area contributed by atoms with E-state index in [9.17, 15) is 31.1 Å². The number of rotatable bonds is 4. The van der Waals surface area contributed by atoms with Crippen LogP contribution in [0.25, 0.3) is 0 Å². The van der Waals surface area contributed by atoms with Crippen molar-refractivity contribution in [1.29, 1.82) is 0 Å². The third-order valence-corrected chi connectivity index (χ3v) is 3.26. The molecule has 1 aromatic rings. The first-order chi connectivity index (χ1) is 9.39. The Morgan fingerprint density at radius 1 is 1.24 bits per heavy atom. The molecular weight excluding hydrogens is 326 g/mol. The van der Waals surface area contributed by atoms with E-state index in [1.165, 1.54) is 7.05 Å². The zero-order valence-electron chi connectivity index (χ0n) is 10.9. The zero-order chi connectivity index (χ0) is 16.6. The van der Waals surface area contributed by atoms with Gasteiger partial charge in [0.15, 0.2) is 5.78 Å². The third-order valence-electron chi connectivity index (χ3n) is 2.82. The van der Waals surface area contributed by atoms with E-state index in [1.54, 1.807) is 6.92 Å². The number of nitrogens with zero attached hydrogens (tertiary/aromatic N) is 2. The lowest BCUT2D eigenvalue weighted by Gasteiger charge is -2.21. The molecule has 10 heteroatoms. The van der Waals surface area contributed by atoms with E-state index in [1.807, 2.05) is 0 Å². The second-order valence-corrected chi connectivity index (χ2v) is 4.72. The predicted octanol–water partition coefficient (Wildman–Crippen LogP) is 3.49. The van der Waals surface area contributed by atoms with Crippen LogP contribution in [0.2, 0.25) is 5.02 Å². The van der Waals surface area contributed by atoms with Crippen LogP contribution in [-0.2, 0) is 24.7 Å². The highest BCUT2D eigenvalue weighted by molar-refractivity contribution is 6.32. The van der Waals surface area contributed by atoms with Crippen LogP contribution >= 0.6 is 11.6 Å². The van der Waals surface area contributed by atoms with E-state index >= 15 is 0 Å². The summed E-state index contributed by atoms with van der Waals surface area (Å²) in [5.41, 5.74) is 0.134. The molecule has 0 atom stereocenters. The normalized spacial score (nSPS) is 13.0. The Labute approximate surface area is 120 Å². The van der Waals surface area contributed by atoms with Gasteiger partial charge in [-0.3, -0.25) is 9.48 Å². The number of hydrogen-bond donors (Lipinski definition) is 0. The maximum absolute atomic E-state index is 12.4. The molecule has 0 aliphatic carbocycles. The first-order valence-corrected chi connectivity index (χ1v) is 6.13. The van der Waals surface area contributed by atoms with Crippen molar-refractivity contribution < 1.29 is 31.1 Å². The summed E-state index contributed by atoms with van der Waals surface area (Å²) in [5, 5.41) is 3.75. The monoisotopic (exact) mass is 336 g/mol. The summed E-state index contributed by atoms with van der Waals surface area (Å²) in [5.74, 6) is -6.04. The quantitative estimate of drug-likeness (QED) is 0.789. The molecule has 1 rings (SSSR count). The molecule has 120 valence electrons. The molecule has 0 N–H and O–H groups in total. The van der Waals surface area contributed by atoms with Crippen molar-refractivity contribution in [3.8, 4) is 0 Å². The molecule has 0 aliphatic rings. The Bertz CT molecular complexity index is 520. The molecule has 21 heavy (non-hydrogen) atoms. The lowest BCUT2D eigenvalue weighted by Crippen LogP contribution is -2.43. The van der Waals surface area contributed by atoms with Crippen molar-refractivity contribution >= 4 is 17.4 Å². The maximum atomic E-state index is 12.4. The molecule has 0 aromatic carbocycles. The summed E-state index contributed by atoms with van der Waals surface area (Å²) in [6.07, 6.45) is -12.2. The van der Waals surface area contributed by atoms with Gasteiger partial charge in [-0.15, -0.1) is 0 Å². The smallest absolute Gasteiger partial charge is 0.298 e. The van der Waals surface area contributed by atoms with Gasteiger partial charge >= 0.3 is 12.4 Å². The minimum absolute atomic E-state index is 0.0866. The third kappa shape index (κ3) is 3.90. The first kappa shape index (κ1) is 17.8. The molecule has 0 fully saturated rings. The Morgan fingerprint density at radius 3 is 2.05 bits per heavy atom. The van der Waals surface area contributed by atoms with Crippen LogP contribution in [0.15, 0.2) is 0 Å². The Hall–Kier alpha value is -1.25. The maximum Gasteiger partial charge on any atom is 0.407 e. The number of aryl methyl sites for hydroxylation is 2. The SMILES string of the molecule is CCc1nn(C)c(CC(=O)C(C(F)(F)F)C(F)(F)F)c1Cl. The van der Waals surface area contributed by atoms with Gasteiger partial charge in [0.2, 0.25) is 5.92 Å². The van der Waals surface area contributed by atoms with E-state index in [4.69, 9.17) is 11.6 Å². The number of ketones is 1. The first-order valence-electron chi connectivity index (χ1n) is 5.76. The second kappa shape index (κ2) is 5.86. The average molecular weight is 337 g/mol. The number of hydrogen-bond acceptors (Lipinski definition) is 2. The summed E-state index contributed by atoms with van der Waals surface area (Å²) in [6, 6.07) is 0. The van der Waals surface area contributed by atoms with Crippen molar-refractivity contribution in [1.82, 2.24) is 9.78 Å². The summed E-state index contributed by atoms with van der Waals surface area (Å²) in [6.45, 7) is 1.66. The lowest BCUT2D eigenvalue weighted by molar-refractivity contribution is -0.273. The van der Waals surface area contributed by atoms with E-state index in [0.717, 1.165) is 4.68 Å². The van der Waals surface area contributed by atoms with Gasteiger partial charge in [0.05, 0.1) is 22.8 Å². The molecule has 0 amide bonds. The van der Waals surface area contributed by atoms with Crippen LogP contribution in [0.4, 0.5) is 26.3 Å². The van der Waals surface area contributed by atoms with Crippen molar-refractivity contribution in [2.45, 2.75) is 32.1 Å². The molecular formula is C11H11ClF6N2O. The van der Waals surface area contributed by atoms with Crippen molar-refractivity contribution in [2.75, 3.05) is 0 Å². The fraction of sp³-hybridized carbons (Fsp3) is 0.636. The Kier molecular flexibility index (Phi) is 4.97. The molecule has 1 aromatic heterocycles. The van der Waals surface area contributed by atoms with Gasteiger partial charge < -0.3 is 0 Å². The van der Waals surface area contributed by atoms with E-state index in [0.29, 0.717) is 12.1 Å². The molecule has 0 saturated carbocycles. The molecule has 0 spiro atoms. The van der Waals surface area contributed by atoms with Gasteiger partial charge in [0, 0.05) is 7.05 Å². The summed E-state index contributed by atoms with van der Waals surface area (Å²) in [4.78, 5) is 11.5. The minimum Gasteiger partial charge on any atom is -0.298 e. The van der Waals surface area contributed by atoms with Gasteiger partial charge in [-0.25, -0.2) is 0 Å². The molecule has 1 heterocycles. The average Bonchev–Trinajstić information content (AvgIpc) is 2.52. The largest absolute Gasteiger partial charge is 0.407 e. The van der Waals surface area contributed by atoms with Crippen LogP contribution in [0, 0.1) is 5.92 Å². The summed E-state index contributed by atoms with van der Waals surface area (Å²) < 4.78 is 75.7. The van der Waals surface area contributed by atoms with E-state index in [2.05, 4.69) is 5.10 Å². The lowest BCUT2D eigenvalue weighted by atomic mass is 9.98. The van der Waals surface area contributed by atoms with E-state index < -0.39 is 30.5 Å². The zero-order valence-corrected chi connectivity index (χ0v) is 11.7. The standard InChI is InChI=1S/C11H11ClF6N2O/c1-3-5-8(12)6(20(2)19-5)4-7(21)9(10(13,14)15)11(16,17)18/h9H,3-4H2,1-2H3. The predicted molar refractivity (Wildman–Crippen MR) is 61.9 cm³/mol. The van der Waals surface area contributed by atoms with Crippen LogP contribution in [0.5, 0.6) is 0 Å². The van der Waals surface area contributed by atoms with Crippen LogP contribution in [0.1, 0.15) is 18.3 Å². The topological polar surface area (TPSA) is 34.9 Å². The molecule has 0 unspecified atom stereocenters. The van der Waals surface area contributed by atoms with Gasteiger partial charge in [-0.05, 0) is 6.42 Å². The number of halogens is 7. The van der Waals surface area contributed by atoms with Gasteiger partial charge in [0.1, 0.15) is 0 Å². The summed E-state index contributed by atoms with van der Waals surface area (Å²) in [7, 11) is 1.30. The molecule has 0 radical (unpaired) electrons. The van der Waals surface area contributed by atoms with Gasteiger partial charge in [-0.1, -0.05) is 18.5 Å². The van der Waals surface area contributed by atoms with Crippen molar-refractivity contribution in [3.63, 3.8) is 0 Å². The van der Waals surface area contributed by atoms with Crippen LogP contribution < -0.4 is 0 Å².